The van der Waals surface area contributed by atoms with Gasteiger partial charge in [-0.2, -0.15) is 0 Å². The number of carbonyl (C=O) groups is 2. The van der Waals surface area contributed by atoms with Crippen molar-refractivity contribution >= 4 is 11.8 Å². The zero-order chi connectivity index (χ0) is 14.5. The van der Waals surface area contributed by atoms with E-state index in [-0.39, 0.29) is 22.9 Å². The molecular weight excluding hydrogens is 258 g/mol. The molecule has 2 rings (SSSR count). The van der Waals surface area contributed by atoms with Gasteiger partial charge in [-0.15, -0.1) is 0 Å². The van der Waals surface area contributed by atoms with Crippen molar-refractivity contribution in [2.24, 2.45) is 5.92 Å². The number of rotatable bonds is 5. The van der Waals surface area contributed by atoms with Gasteiger partial charge >= 0.3 is 0 Å². The molecule has 0 atom stereocenters. The number of nitrogens with zero attached hydrogens (tertiary/aromatic N) is 1. The van der Waals surface area contributed by atoms with Crippen molar-refractivity contribution in [1.82, 2.24) is 4.98 Å². The standard InChI is InChI=1S/C15H17NO4/c1-20-14-11(15(18)19)7-8-12(16-14)13(17)9-6-10-4-2-3-5-10/h6-10H,2-5H2,1H3,(H,18,19)/p-1. The van der Waals surface area contributed by atoms with Crippen molar-refractivity contribution in [3.05, 3.63) is 35.5 Å². The Labute approximate surface area is 117 Å². The molecule has 0 aromatic carbocycles. The maximum absolute atomic E-state index is 12.0. The molecule has 5 heteroatoms. The topological polar surface area (TPSA) is 79.3 Å². The minimum absolute atomic E-state index is 0.106. The van der Waals surface area contributed by atoms with Gasteiger partial charge in [0.2, 0.25) is 11.7 Å². The molecule has 1 aromatic rings. The van der Waals surface area contributed by atoms with Gasteiger partial charge in [0.05, 0.1) is 18.6 Å². The van der Waals surface area contributed by atoms with Gasteiger partial charge in [-0.05, 0) is 37.0 Å². The SMILES string of the molecule is COc1nc(C(=O)C=CC2CCCC2)ccc1C(=O)[O-]. The summed E-state index contributed by atoms with van der Waals surface area (Å²) in [5.41, 5.74) is 0.00456. The van der Waals surface area contributed by atoms with Gasteiger partial charge in [-0.3, -0.25) is 4.79 Å². The first-order valence-corrected chi connectivity index (χ1v) is 6.60. The largest absolute Gasteiger partial charge is 0.545 e. The van der Waals surface area contributed by atoms with Crippen LogP contribution in [0.5, 0.6) is 5.88 Å². The van der Waals surface area contributed by atoms with E-state index >= 15 is 0 Å². The van der Waals surface area contributed by atoms with Crippen LogP contribution in [0.15, 0.2) is 24.3 Å². The van der Waals surface area contributed by atoms with E-state index in [1.54, 1.807) is 0 Å². The second-order valence-electron chi connectivity index (χ2n) is 4.81. The molecule has 0 amide bonds. The molecule has 106 valence electrons. The molecule has 20 heavy (non-hydrogen) atoms. The molecule has 1 fully saturated rings. The summed E-state index contributed by atoms with van der Waals surface area (Å²) < 4.78 is 4.87. The van der Waals surface area contributed by atoms with Crippen molar-refractivity contribution < 1.29 is 19.4 Å². The number of hydrogen-bond donors (Lipinski definition) is 0. The Kier molecular flexibility index (Phi) is 4.50. The van der Waals surface area contributed by atoms with Crippen LogP contribution in [0.4, 0.5) is 0 Å². The number of ether oxygens (including phenoxy) is 1. The van der Waals surface area contributed by atoms with Crippen LogP contribution in [0.2, 0.25) is 0 Å². The summed E-state index contributed by atoms with van der Waals surface area (Å²) in [7, 11) is 1.30. The summed E-state index contributed by atoms with van der Waals surface area (Å²) >= 11 is 0. The molecule has 1 heterocycles. The summed E-state index contributed by atoms with van der Waals surface area (Å²) in [5.74, 6) is -1.27. The maximum atomic E-state index is 12.0. The van der Waals surface area contributed by atoms with Crippen molar-refractivity contribution in [2.75, 3.05) is 7.11 Å². The molecule has 0 N–H and O–H groups in total. The number of hydrogen-bond acceptors (Lipinski definition) is 5. The van der Waals surface area contributed by atoms with Crippen molar-refractivity contribution in [1.29, 1.82) is 0 Å². The molecule has 0 saturated heterocycles. The first-order chi connectivity index (χ1) is 9.61. The number of allylic oxidation sites excluding steroid dienone is 2. The molecule has 0 bridgehead atoms. The molecular formula is C15H16NO4-. The van der Waals surface area contributed by atoms with E-state index in [1.165, 1.54) is 38.2 Å². The third-order valence-corrected chi connectivity index (χ3v) is 3.45. The van der Waals surface area contributed by atoms with Crippen LogP contribution in [-0.4, -0.2) is 23.8 Å². The quantitative estimate of drug-likeness (QED) is 0.598. The number of carbonyl (C=O) groups excluding carboxylic acids is 2. The summed E-state index contributed by atoms with van der Waals surface area (Å²) in [6.45, 7) is 0. The highest BCUT2D eigenvalue weighted by atomic mass is 16.5. The first-order valence-electron chi connectivity index (χ1n) is 6.60. The van der Waals surface area contributed by atoms with Gasteiger partial charge in [-0.1, -0.05) is 18.9 Å². The van der Waals surface area contributed by atoms with E-state index in [0.29, 0.717) is 5.92 Å². The van der Waals surface area contributed by atoms with Gasteiger partial charge in [0, 0.05) is 0 Å². The lowest BCUT2D eigenvalue weighted by atomic mass is 10.1. The molecule has 0 unspecified atom stereocenters. The van der Waals surface area contributed by atoms with Crippen LogP contribution in [0.25, 0.3) is 0 Å². The first kappa shape index (κ1) is 14.2. The van der Waals surface area contributed by atoms with Crippen LogP contribution in [0, 0.1) is 5.92 Å². The third kappa shape index (κ3) is 3.23. The van der Waals surface area contributed by atoms with Crippen LogP contribution in [0.3, 0.4) is 0 Å². The number of ketones is 1. The highest BCUT2D eigenvalue weighted by Crippen LogP contribution is 2.25. The normalized spacial score (nSPS) is 15.7. The molecule has 0 radical (unpaired) electrons. The average molecular weight is 274 g/mol. The fourth-order valence-corrected chi connectivity index (χ4v) is 2.35. The lowest BCUT2D eigenvalue weighted by Gasteiger charge is -2.08. The fourth-order valence-electron chi connectivity index (χ4n) is 2.35. The minimum Gasteiger partial charge on any atom is -0.545 e. The van der Waals surface area contributed by atoms with Crippen LogP contribution in [0.1, 0.15) is 46.5 Å². The number of pyridine rings is 1. The van der Waals surface area contributed by atoms with E-state index in [9.17, 15) is 14.7 Å². The molecule has 1 aliphatic rings. The Hall–Kier alpha value is -2.17. The summed E-state index contributed by atoms with van der Waals surface area (Å²) in [6, 6.07) is 2.65. The fraction of sp³-hybridized carbons (Fsp3) is 0.400. The van der Waals surface area contributed by atoms with Crippen LogP contribution in [-0.2, 0) is 0 Å². The molecule has 0 spiro atoms. The lowest BCUT2D eigenvalue weighted by Crippen LogP contribution is -2.23. The third-order valence-electron chi connectivity index (χ3n) is 3.45. The maximum Gasteiger partial charge on any atom is 0.223 e. The zero-order valence-electron chi connectivity index (χ0n) is 11.3. The van der Waals surface area contributed by atoms with Crippen LogP contribution < -0.4 is 9.84 Å². The number of aromatic carboxylic acids is 1. The van der Waals surface area contributed by atoms with E-state index < -0.39 is 5.97 Å². The van der Waals surface area contributed by atoms with E-state index in [0.717, 1.165) is 12.8 Å². The number of aromatic nitrogens is 1. The monoisotopic (exact) mass is 274 g/mol. The van der Waals surface area contributed by atoms with E-state index in [4.69, 9.17) is 4.74 Å². The average Bonchev–Trinajstić information content (AvgIpc) is 2.97. The molecule has 1 aliphatic carbocycles. The predicted octanol–water partition coefficient (Wildman–Crippen LogP) is 1.38. The Morgan fingerprint density at radius 2 is 2.05 bits per heavy atom. The minimum atomic E-state index is -1.38. The number of methoxy groups -OCH3 is 1. The van der Waals surface area contributed by atoms with Gasteiger partial charge in [-0.25, -0.2) is 4.98 Å². The summed E-state index contributed by atoms with van der Waals surface area (Å²) in [5, 5.41) is 10.8. The van der Waals surface area contributed by atoms with Gasteiger partial charge in [0.15, 0.2) is 0 Å². The van der Waals surface area contributed by atoms with E-state index in [2.05, 4.69) is 4.98 Å². The Balaban J connectivity index is 2.15. The molecule has 1 saturated carbocycles. The second-order valence-corrected chi connectivity index (χ2v) is 4.81. The highest BCUT2D eigenvalue weighted by molar-refractivity contribution is 6.03. The van der Waals surface area contributed by atoms with Gasteiger partial charge < -0.3 is 14.6 Å². The van der Waals surface area contributed by atoms with Gasteiger partial charge in [0.25, 0.3) is 0 Å². The van der Waals surface area contributed by atoms with Gasteiger partial charge in [0.1, 0.15) is 5.69 Å². The predicted molar refractivity (Wildman–Crippen MR) is 70.5 cm³/mol. The zero-order valence-corrected chi connectivity index (χ0v) is 11.3. The Morgan fingerprint density at radius 1 is 1.35 bits per heavy atom. The molecule has 0 aliphatic heterocycles. The second kappa shape index (κ2) is 6.32. The van der Waals surface area contributed by atoms with Crippen molar-refractivity contribution in [3.8, 4) is 5.88 Å². The molecule has 5 nitrogen and oxygen atoms in total. The number of carboxylic acids is 1. The summed E-state index contributed by atoms with van der Waals surface area (Å²) in [6.07, 6.45) is 8.06. The Morgan fingerprint density at radius 3 is 2.65 bits per heavy atom. The molecule has 1 aromatic heterocycles. The van der Waals surface area contributed by atoms with Crippen molar-refractivity contribution in [2.45, 2.75) is 25.7 Å². The lowest BCUT2D eigenvalue weighted by molar-refractivity contribution is -0.255. The summed E-state index contributed by atoms with van der Waals surface area (Å²) in [4.78, 5) is 26.7. The Bertz CT molecular complexity index is 545. The van der Waals surface area contributed by atoms with Crippen molar-refractivity contribution in [3.63, 3.8) is 0 Å². The van der Waals surface area contributed by atoms with Crippen LogP contribution >= 0.6 is 0 Å². The highest BCUT2D eigenvalue weighted by Gasteiger charge is 2.14. The van der Waals surface area contributed by atoms with E-state index in [1.807, 2.05) is 6.08 Å². The smallest absolute Gasteiger partial charge is 0.223 e. The number of carboxylic acid groups (broad SMARTS) is 1.